The molecule has 0 aliphatic rings. The standard InChI is InChI=1S/C15H21N3O2/c1-10(2)15(3,20)9-16-14(19)8-13-11-6-4-5-7-12(11)17-18-13/h4-7,10,20H,8-9H2,1-3H3,(H,16,19)(H,17,18). The first-order chi connectivity index (χ1) is 9.40. The van der Waals surface area contributed by atoms with Crippen molar-refractivity contribution < 1.29 is 9.90 Å². The zero-order valence-electron chi connectivity index (χ0n) is 12.1. The molecule has 5 heteroatoms. The molecule has 0 saturated heterocycles. The number of carbonyl (C=O) groups is 1. The summed E-state index contributed by atoms with van der Waals surface area (Å²) in [7, 11) is 0. The SMILES string of the molecule is CC(C)C(C)(O)CNC(=O)Cc1[nH]nc2ccccc12. The molecule has 0 bridgehead atoms. The molecule has 1 aromatic carbocycles. The molecule has 2 rings (SSSR count). The first-order valence-corrected chi connectivity index (χ1v) is 6.81. The molecular formula is C15H21N3O2. The summed E-state index contributed by atoms with van der Waals surface area (Å²) < 4.78 is 0. The van der Waals surface area contributed by atoms with E-state index in [1.54, 1.807) is 6.92 Å². The maximum Gasteiger partial charge on any atom is 0.226 e. The third-order valence-corrected chi connectivity index (χ3v) is 3.77. The Bertz CT molecular complexity index is 602. The molecule has 0 aliphatic carbocycles. The van der Waals surface area contributed by atoms with Gasteiger partial charge >= 0.3 is 0 Å². The van der Waals surface area contributed by atoms with Crippen molar-refractivity contribution in [3.63, 3.8) is 0 Å². The van der Waals surface area contributed by atoms with Gasteiger partial charge in [-0.25, -0.2) is 0 Å². The molecule has 2 aromatic rings. The Morgan fingerprint density at radius 1 is 1.45 bits per heavy atom. The van der Waals surface area contributed by atoms with E-state index in [4.69, 9.17) is 0 Å². The van der Waals surface area contributed by atoms with Gasteiger partial charge in [-0.3, -0.25) is 9.89 Å². The molecule has 1 amide bonds. The number of amides is 1. The third-order valence-electron chi connectivity index (χ3n) is 3.77. The van der Waals surface area contributed by atoms with Gasteiger partial charge in [0.05, 0.1) is 23.2 Å². The Labute approximate surface area is 118 Å². The lowest BCUT2D eigenvalue weighted by atomic mass is 9.92. The number of aliphatic hydroxyl groups is 1. The molecule has 5 nitrogen and oxygen atoms in total. The molecule has 1 atom stereocenters. The number of benzene rings is 1. The highest BCUT2D eigenvalue weighted by Gasteiger charge is 2.25. The lowest BCUT2D eigenvalue weighted by Gasteiger charge is -2.27. The minimum Gasteiger partial charge on any atom is -0.388 e. The van der Waals surface area contributed by atoms with Crippen molar-refractivity contribution in [1.29, 1.82) is 0 Å². The monoisotopic (exact) mass is 275 g/mol. The fourth-order valence-corrected chi connectivity index (χ4v) is 1.85. The van der Waals surface area contributed by atoms with Gasteiger partial charge in [-0.05, 0) is 18.9 Å². The Hall–Kier alpha value is -1.88. The molecule has 20 heavy (non-hydrogen) atoms. The van der Waals surface area contributed by atoms with E-state index >= 15 is 0 Å². The molecule has 1 heterocycles. The van der Waals surface area contributed by atoms with Crippen LogP contribution in [0.5, 0.6) is 0 Å². The molecule has 0 fully saturated rings. The quantitative estimate of drug-likeness (QED) is 0.776. The number of hydrogen-bond acceptors (Lipinski definition) is 3. The molecule has 0 spiro atoms. The Kier molecular flexibility index (Phi) is 4.09. The lowest BCUT2D eigenvalue weighted by Crippen LogP contribution is -2.44. The molecule has 1 unspecified atom stereocenters. The number of fused-ring (bicyclic) bond motifs is 1. The fourth-order valence-electron chi connectivity index (χ4n) is 1.85. The molecular weight excluding hydrogens is 254 g/mol. The van der Waals surface area contributed by atoms with Crippen molar-refractivity contribution in [3.8, 4) is 0 Å². The van der Waals surface area contributed by atoms with Crippen LogP contribution in [-0.2, 0) is 11.2 Å². The fraction of sp³-hybridized carbons (Fsp3) is 0.467. The van der Waals surface area contributed by atoms with Gasteiger partial charge in [0, 0.05) is 11.9 Å². The highest BCUT2D eigenvalue weighted by atomic mass is 16.3. The Morgan fingerprint density at radius 3 is 2.85 bits per heavy atom. The van der Waals surface area contributed by atoms with Crippen LogP contribution in [0.3, 0.4) is 0 Å². The zero-order chi connectivity index (χ0) is 14.8. The van der Waals surface area contributed by atoms with Crippen LogP contribution in [0.1, 0.15) is 26.5 Å². The first-order valence-electron chi connectivity index (χ1n) is 6.81. The van der Waals surface area contributed by atoms with Crippen molar-refractivity contribution >= 4 is 16.8 Å². The number of aromatic nitrogens is 2. The van der Waals surface area contributed by atoms with E-state index in [9.17, 15) is 9.90 Å². The van der Waals surface area contributed by atoms with Crippen molar-refractivity contribution in [2.45, 2.75) is 32.8 Å². The van der Waals surface area contributed by atoms with Crippen LogP contribution in [0.2, 0.25) is 0 Å². The third kappa shape index (κ3) is 3.17. The normalized spacial score (nSPS) is 14.4. The average molecular weight is 275 g/mol. The van der Waals surface area contributed by atoms with Crippen LogP contribution < -0.4 is 5.32 Å². The van der Waals surface area contributed by atoms with Crippen molar-refractivity contribution in [2.24, 2.45) is 5.92 Å². The molecule has 0 saturated carbocycles. The minimum atomic E-state index is -0.897. The van der Waals surface area contributed by atoms with Gasteiger partial charge in [0.25, 0.3) is 0 Å². The van der Waals surface area contributed by atoms with E-state index in [1.165, 1.54) is 0 Å². The molecule has 3 N–H and O–H groups in total. The minimum absolute atomic E-state index is 0.0794. The smallest absolute Gasteiger partial charge is 0.226 e. The van der Waals surface area contributed by atoms with Gasteiger partial charge in [-0.1, -0.05) is 32.0 Å². The second kappa shape index (κ2) is 5.63. The van der Waals surface area contributed by atoms with Crippen LogP contribution in [0, 0.1) is 5.92 Å². The van der Waals surface area contributed by atoms with Gasteiger partial charge < -0.3 is 10.4 Å². The van der Waals surface area contributed by atoms with Gasteiger partial charge in [0.2, 0.25) is 5.91 Å². The van der Waals surface area contributed by atoms with Crippen molar-refractivity contribution in [1.82, 2.24) is 15.5 Å². The average Bonchev–Trinajstić information content (AvgIpc) is 2.80. The summed E-state index contributed by atoms with van der Waals surface area (Å²) in [6.07, 6.45) is 0.231. The number of nitrogens with one attached hydrogen (secondary N) is 2. The van der Waals surface area contributed by atoms with Gasteiger partial charge in [0.15, 0.2) is 0 Å². The number of nitrogens with zero attached hydrogens (tertiary/aromatic N) is 1. The van der Waals surface area contributed by atoms with Crippen LogP contribution >= 0.6 is 0 Å². The van der Waals surface area contributed by atoms with Crippen LogP contribution in [0.25, 0.3) is 10.9 Å². The van der Waals surface area contributed by atoms with E-state index in [0.717, 1.165) is 16.6 Å². The number of carbonyl (C=O) groups excluding carboxylic acids is 1. The summed E-state index contributed by atoms with van der Waals surface area (Å²) in [5, 5.41) is 20.9. The van der Waals surface area contributed by atoms with Crippen molar-refractivity contribution in [3.05, 3.63) is 30.0 Å². The topological polar surface area (TPSA) is 78.0 Å². The zero-order valence-corrected chi connectivity index (χ0v) is 12.1. The summed E-state index contributed by atoms with van der Waals surface area (Å²) in [5.41, 5.74) is 0.748. The lowest BCUT2D eigenvalue weighted by molar-refractivity contribution is -0.122. The first kappa shape index (κ1) is 14.5. The number of para-hydroxylation sites is 1. The van der Waals surface area contributed by atoms with Crippen LogP contribution in [0.15, 0.2) is 24.3 Å². The summed E-state index contributed by atoms with van der Waals surface area (Å²) in [6.45, 7) is 5.82. The van der Waals surface area contributed by atoms with Crippen LogP contribution in [-0.4, -0.2) is 33.4 Å². The summed E-state index contributed by atoms with van der Waals surface area (Å²) in [5.74, 6) is -0.0453. The van der Waals surface area contributed by atoms with Gasteiger partial charge in [-0.2, -0.15) is 5.10 Å². The predicted molar refractivity (Wildman–Crippen MR) is 78.3 cm³/mol. The van der Waals surface area contributed by atoms with E-state index in [0.29, 0.717) is 0 Å². The second-order valence-corrected chi connectivity index (χ2v) is 5.68. The predicted octanol–water partition coefficient (Wildman–Crippen LogP) is 1.63. The van der Waals surface area contributed by atoms with Crippen molar-refractivity contribution in [2.75, 3.05) is 6.54 Å². The number of aromatic amines is 1. The van der Waals surface area contributed by atoms with E-state index in [2.05, 4.69) is 15.5 Å². The van der Waals surface area contributed by atoms with Gasteiger partial charge in [-0.15, -0.1) is 0 Å². The Morgan fingerprint density at radius 2 is 2.15 bits per heavy atom. The van der Waals surface area contributed by atoms with E-state index in [1.807, 2.05) is 38.1 Å². The Balaban J connectivity index is 1.98. The summed E-state index contributed by atoms with van der Waals surface area (Å²) in [6, 6.07) is 7.66. The molecule has 0 radical (unpaired) electrons. The molecule has 1 aromatic heterocycles. The molecule has 0 aliphatic heterocycles. The number of hydrogen-bond donors (Lipinski definition) is 3. The largest absolute Gasteiger partial charge is 0.388 e. The highest BCUT2D eigenvalue weighted by Crippen LogP contribution is 2.16. The number of H-pyrrole nitrogens is 1. The molecule has 108 valence electrons. The van der Waals surface area contributed by atoms with E-state index in [-0.39, 0.29) is 24.8 Å². The van der Waals surface area contributed by atoms with Crippen LogP contribution in [0.4, 0.5) is 0 Å². The summed E-state index contributed by atoms with van der Waals surface area (Å²) in [4.78, 5) is 12.0. The van der Waals surface area contributed by atoms with E-state index < -0.39 is 5.60 Å². The highest BCUT2D eigenvalue weighted by molar-refractivity contribution is 5.87. The summed E-state index contributed by atoms with van der Waals surface area (Å²) >= 11 is 0. The maximum atomic E-state index is 12.0. The number of rotatable bonds is 5. The second-order valence-electron chi connectivity index (χ2n) is 5.68. The maximum absolute atomic E-state index is 12.0. The van der Waals surface area contributed by atoms with Gasteiger partial charge in [0.1, 0.15) is 0 Å².